The van der Waals surface area contributed by atoms with Crippen molar-refractivity contribution >= 4 is 11.6 Å². The highest BCUT2D eigenvalue weighted by Crippen LogP contribution is 2.31. The summed E-state index contributed by atoms with van der Waals surface area (Å²) in [6.45, 7) is 4.02. The van der Waals surface area contributed by atoms with Crippen molar-refractivity contribution in [2.24, 2.45) is 0 Å². The molecule has 0 amide bonds. The third kappa shape index (κ3) is 4.75. The second-order valence-corrected chi connectivity index (χ2v) is 4.16. The minimum atomic E-state index is 0.406. The van der Waals surface area contributed by atoms with Gasteiger partial charge in [-0.1, -0.05) is 25.5 Å². The number of ether oxygens (including phenoxy) is 3. The Morgan fingerprint density at radius 2 is 2.00 bits per heavy atom. The first-order valence-corrected chi connectivity index (χ1v) is 6.79. The molecular weight excluding hydrogens is 252 g/mol. The number of halogens is 1. The molecule has 0 radical (unpaired) electrons. The van der Waals surface area contributed by atoms with Gasteiger partial charge in [0.05, 0.1) is 19.6 Å². The molecule has 0 saturated carbocycles. The van der Waals surface area contributed by atoms with Crippen LogP contribution in [-0.4, -0.2) is 26.9 Å². The van der Waals surface area contributed by atoms with Gasteiger partial charge in [0.25, 0.3) is 0 Å². The molecule has 0 aliphatic heterocycles. The summed E-state index contributed by atoms with van der Waals surface area (Å²) in [6, 6.07) is 5.70. The van der Waals surface area contributed by atoms with Crippen LogP contribution in [0.3, 0.4) is 0 Å². The zero-order valence-corrected chi connectivity index (χ0v) is 11.8. The van der Waals surface area contributed by atoms with Crippen molar-refractivity contribution in [3.8, 4) is 11.5 Å². The number of unbranched alkanes of at least 4 members (excludes halogenated alkanes) is 1. The summed E-state index contributed by atoms with van der Waals surface area (Å²) < 4.78 is 16.4. The first-order chi connectivity index (χ1) is 8.83. The van der Waals surface area contributed by atoms with E-state index < -0.39 is 0 Å². The van der Waals surface area contributed by atoms with Crippen LogP contribution in [0.15, 0.2) is 18.2 Å². The number of rotatable bonds is 9. The Morgan fingerprint density at radius 3 is 2.67 bits per heavy atom. The molecule has 0 aromatic heterocycles. The summed E-state index contributed by atoms with van der Waals surface area (Å²) in [5.74, 6) is 1.83. The molecule has 0 unspecified atom stereocenters. The highest BCUT2D eigenvalue weighted by atomic mass is 35.5. The van der Waals surface area contributed by atoms with Gasteiger partial charge in [-0.25, -0.2) is 0 Å². The molecule has 0 fully saturated rings. The Bertz CT molecular complexity index is 320. The molecule has 1 aromatic carbocycles. The predicted molar refractivity (Wildman–Crippen MR) is 73.8 cm³/mol. The Kier molecular flexibility index (Phi) is 7.62. The van der Waals surface area contributed by atoms with E-state index in [-0.39, 0.29) is 0 Å². The summed E-state index contributed by atoms with van der Waals surface area (Å²) in [4.78, 5) is 0. The molecule has 0 spiro atoms. The van der Waals surface area contributed by atoms with E-state index in [1.807, 2.05) is 18.2 Å². The average Bonchev–Trinajstić information content (AvgIpc) is 2.42. The molecule has 0 saturated heterocycles. The first-order valence-electron chi connectivity index (χ1n) is 6.25. The summed E-state index contributed by atoms with van der Waals surface area (Å²) >= 11 is 5.88. The molecule has 0 N–H and O–H groups in total. The second-order valence-electron chi connectivity index (χ2n) is 3.90. The molecule has 3 nitrogen and oxygen atoms in total. The average molecular weight is 273 g/mol. The van der Waals surface area contributed by atoms with Gasteiger partial charge in [0.2, 0.25) is 0 Å². The van der Waals surface area contributed by atoms with E-state index in [0.717, 1.165) is 25.0 Å². The van der Waals surface area contributed by atoms with Gasteiger partial charge in [-0.3, -0.25) is 0 Å². The van der Waals surface area contributed by atoms with Crippen molar-refractivity contribution in [3.05, 3.63) is 23.8 Å². The number of benzene rings is 1. The molecular formula is C14H21ClO3. The lowest BCUT2D eigenvalue weighted by Crippen LogP contribution is -2.09. The fourth-order valence-electron chi connectivity index (χ4n) is 1.54. The first kappa shape index (κ1) is 15.1. The van der Waals surface area contributed by atoms with E-state index in [0.29, 0.717) is 30.6 Å². The Labute approximate surface area is 114 Å². The number of para-hydroxylation sites is 1. The molecule has 0 heterocycles. The third-order valence-corrected chi connectivity index (χ3v) is 2.83. The zero-order valence-electron chi connectivity index (χ0n) is 11.1. The van der Waals surface area contributed by atoms with Gasteiger partial charge in [0, 0.05) is 12.2 Å². The fourth-order valence-corrected chi connectivity index (χ4v) is 1.75. The van der Waals surface area contributed by atoms with Crippen LogP contribution in [0.2, 0.25) is 0 Å². The molecule has 1 aromatic rings. The quantitative estimate of drug-likeness (QED) is 0.507. The lowest BCUT2D eigenvalue weighted by Gasteiger charge is -2.13. The summed E-state index contributed by atoms with van der Waals surface area (Å²) in [5.41, 5.74) is 0.935. The van der Waals surface area contributed by atoms with Crippen LogP contribution < -0.4 is 9.47 Å². The molecule has 1 rings (SSSR count). The van der Waals surface area contributed by atoms with Gasteiger partial charge in [-0.2, -0.15) is 0 Å². The fraction of sp³-hybridized carbons (Fsp3) is 0.571. The van der Waals surface area contributed by atoms with Crippen molar-refractivity contribution in [3.63, 3.8) is 0 Å². The van der Waals surface area contributed by atoms with Gasteiger partial charge in [-0.15, -0.1) is 11.6 Å². The molecule has 18 heavy (non-hydrogen) atoms. The number of hydrogen-bond acceptors (Lipinski definition) is 3. The predicted octanol–water partition coefficient (Wildman–Crippen LogP) is 3.63. The lowest BCUT2D eigenvalue weighted by molar-refractivity contribution is 0.0967. The standard InChI is InChI=1S/C14H21ClO3/c1-3-4-8-17-9-10-18-14-12(11-15)6-5-7-13(14)16-2/h5-7H,3-4,8-11H2,1-2H3. The van der Waals surface area contributed by atoms with Crippen molar-refractivity contribution < 1.29 is 14.2 Å². The minimum Gasteiger partial charge on any atom is -0.493 e. The van der Waals surface area contributed by atoms with Gasteiger partial charge in [0.15, 0.2) is 11.5 Å². The summed E-state index contributed by atoms with van der Waals surface area (Å²) in [6.07, 6.45) is 2.23. The van der Waals surface area contributed by atoms with Crippen LogP contribution in [0.4, 0.5) is 0 Å². The van der Waals surface area contributed by atoms with E-state index >= 15 is 0 Å². The van der Waals surface area contributed by atoms with Crippen molar-refractivity contribution in [1.82, 2.24) is 0 Å². The van der Waals surface area contributed by atoms with Crippen LogP contribution in [-0.2, 0) is 10.6 Å². The van der Waals surface area contributed by atoms with E-state index in [1.54, 1.807) is 7.11 Å². The van der Waals surface area contributed by atoms with Crippen molar-refractivity contribution in [1.29, 1.82) is 0 Å². The maximum absolute atomic E-state index is 5.88. The smallest absolute Gasteiger partial charge is 0.165 e. The molecule has 0 atom stereocenters. The van der Waals surface area contributed by atoms with E-state index in [2.05, 4.69) is 6.92 Å². The third-order valence-electron chi connectivity index (χ3n) is 2.54. The second kappa shape index (κ2) is 9.06. The highest BCUT2D eigenvalue weighted by Gasteiger charge is 2.09. The van der Waals surface area contributed by atoms with E-state index in [1.165, 1.54) is 0 Å². The number of alkyl halides is 1. The zero-order chi connectivity index (χ0) is 13.2. The topological polar surface area (TPSA) is 27.7 Å². The summed E-state index contributed by atoms with van der Waals surface area (Å²) in [7, 11) is 1.62. The highest BCUT2D eigenvalue weighted by molar-refractivity contribution is 6.17. The molecule has 0 aliphatic rings. The Hall–Kier alpha value is -0.930. The van der Waals surface area contributed by atoms with Crippen LogP contribution in [0, 0.1) is 0 Å². The maximum atomic E-state index is 5.88. The normalized spacial score (nSPS) is 10.4. The minimum absolute atomic E-state index is 0.406. The monoisotopic (exact) mass is 272 g/mol. The molecule has 102 valence electrons. The molecule has 4 heteroatoms. The van der Waals surface area contributed by atoms with Gasteiger partial charge in [0.1, 0.15) is 6.61 Å². The number of hydrogen-bond donors (Lipinski definition) is 0. The van der Waals surface area contributed by atoms with Gasteiger partial charge >= 0.3 is 0 Å². The van der Waals surface area contributed by atoms with Gasteiger partial charge in [-0.05, 0) is 12.5 Å². The van der Waals surface area contributed by atoms with E-state index in [4.69, 9.17) is 25.8 Å². The Balaban J connectivity index is 2.45. The van der Waals surface area contributed by atoms with Gasteiger partial charge < -0.3 is 14.2 Å². The van der Waals surface area contributed by atoms with Crippen LogP contribution in [0.25, 0.3) is 0 Å². The van der Waals surface area contributed by atoms with Crippen molar-refractivity contribution in [2.75, 3.05) is 26.9 Å². The van der Waals surface area contributed by atoms with E-state index in [9.17, 15) is 0 Å². The number of methoxy groups -OCH3 is 1. The SMILES string of the molecule is CCCCOCCOc1c(CCl)cccc1OC. The molecule has 0 aliphatic carbocycles. The molecule has 0 bridgehead atoms. The van der Waals surface area contributed by atoms with Crippen LogP contribution in [0.1, 0.15) is 25.3 Å². The van der Waals surface area contributed by atoms with Crippen LogP contribution >= 0.6 is 11.6 Å². The largest absolute Gasteiger partial charge is 0.493 e. The van der Waals surface area contributed by atoms with Crippen molar-refractivity contribution in [2.45, 2.75) is 25.6 Å². The Morgan fingerprint density at radius 1 is 1.17 bits per heavy atom. The maximum Gasteiger partial charge on any atom is 0.165 e. The van der Waals surface area contributed by atoms with Crippen LogP contribution in [0.5, 0.6) is 11.5 Å². The summed E-state index contributed by atoms with van der Waals surface area (Å²) in [5, 5.41) is 0. The lowest BCUT2D eigenvalue weighted by atomic mass is 10.2.